The van der Waals surface area contributed by atoms with Crippen LogP contribution in [0, 0.1) is 0 Å². The molecule has 0 spiro atoms. The number of hydrogen-bond donors (Lipinski definition) is 3. The van der Waals surface area contributed by atoms with E-state index in [1.54, 1.807) is 35.6 Å². The maximum atomic E-state index is 12.2. The van der Waals surface area contributed by atoms with E-state index in [9.17, 15) is 4.79 Å². The molecule has 0 aliphatic rings. The summed E-state index contributed by atoms with van der Waals surface area (Å²) in [6.45, 7) is 5.97. The lowest BCUT2D eigenvalue weighted by atomic mass is 10.1. The molecule has 1 aromatic heterocycles. The van der Waals surface area contributed by atoms with Crippen molar-refractivity contribution < 1.29 is 4.79 Å². The highest BCUT2D eigenvalue weighted by Crippen LogP contribution is 2.17. The van der Waals surface area contributed by atoms with Crippen LogP contribution in [0.15, 0.2) is 41.1 Å². The Bertz CT molecular complexity index is 595. The Morgan fingerprint density at radius 3 is 2.57 bits per heavy atom. The molecule has 1 amide bonds. The molecule has 2 unspecified atom stereocenters. The topological polar surface area (TPSA) is 67.1 Å². The second-order valence-corrected chi connectivity index (χ2v) is 6.60. The molecule has 0 bridgehead atoms. The number of anilines is 1. The molecule has 0 aliphatic carbocycles. The van der Waals surface area contributed by atoms with E-state index in [1.165, 1.54) is 5.56 Å². The van der Waals surface area contributed by atoms with Gasteiger partial charge in [0.15, 0.2) is 0 Å². The smallest absolute Gasteiger partial charge is 0.251 e. The van der Waals surface area contributed by atoms with Gasteiger partial charge in [-0.15, -0.1) is 0 Å². The van der Waals surface area contributed by atoms with Crippen molar-refractivity contribution in [1.29, 1.82) is 0 Å². The highest BCUT2D eigenvalue weighted by atomic mass is 32.1. The maximum absolute atomic E-state index is 12.2. The van der Waals surface area contributed by atoms with Crippen LogP contribution in [-0.4, -0.2) is 25.0 Å². The van der Waals surface area contributed by atoms with Crippen molar-refractivity contribution in [3.05, 3.63) is 52.2 Å². The van der Waals surface area contributed by atoms with E-state index in [2.05, 4.69) is 41.3 Å². The molecule has 5 heteroatoms. The van der Waals surface area contributed by atoms with Crippen LogP contribution in [0.5, 0.6) is 0 Å². The first kappa shape index (κ1) is 17.5. The second-order valence-electron chi connectivity index (χ2n) is 5.82. The van der Waals surface area contributed by atoms with E-state index in [-0.39, 0.29) is 11.9 Å². The monoisotopic (exact) mass is 331 g/mol. The number of nitrogen functional groups attached to an aromatic ring is 1. The molecular weight excluding hydrogens is 306 g/mol. The molecule has 124 valence electrons. The van der Waals surface area contributed by atoms with Crippen LogP contribution in [0.25, 0.3) is 0 Å². The first-order valence-corrected chi connectivity index (χ1v) is 8.93. The number of thiophene rings is 1. The molecule has 0 aliphatic heterocycles. The highest BCUT2D eigenvalue weighted by molar-refractivity contribution is 7.07. The average Bonchev–Trinajstić information content (AvgIpc) is 3.08. The fourth-order valence-corrected chi connectivity index (χ4v) is 3.13. The lowest BCUT2D eigenvalue weighted by Crippen LogP contribution is -2.42. The number of nitrogens with two attached hydrogens (primary N) is 1. The number of benzene rings is 1. The zero-order valence-electron chi connectivity index (χ0n) is 13.7. The van der Waals surface area contributed by atoms with Crippen LogP contribution in [0.3, 0.4) is 0 Å². The second kappa shape index (κ2) is 8.70. The molecule has 1 heterocycles. The SMILES string of the molecule is CCC(CNCC(C)c1ccsc1)NC(=O)c1ccc(N)cc1. The van der Waals surface area contributed by atoms with Crippen molar-refractivity contribution in [2.24, 2.45) is 0 Å². The lowest BCUT2D eigenvalue weighted by Gasteiger charge is -2.19. The van der Waals surface area contributed by atoms with Crippen molar-refractivity contribution in [2.45, 2.75) is 32.2 Å². The minimum Gasteiger partial charge on any atom is -0.399 e. The van der Waals surface area contributed by atoms with Gasteiger partial charge in [-0.25, -0.2) is 0 Å². The number of amides is 1. The van der Waals surface area contributed by atoms with Gasteiger partial charge in [-0.3, -0.25) is 4.79 Å². The van der Waals surface area contributed by atoms with Crippen LogP contribution >= 0.6 is 11.3 Å². The minimum absolute atomic E-state index is 0.0514. The third-order valence-corrected chi connectivity index (χ3v) is 4.66. The highest BCUT2D eigenvalue weighted by Gasteiger charge is 2.13. The molecule has 0 saturated carbocycles. The van der Waals surface area contributed by atoms with Crippen molar-refractivity contribution in [3.8, 4) is 0 Å². The van der Waals surface area contributed by atoms with Gasteiger partial charge >= 0.3 is 0 Å². The summed E-state index contributed by atoms with van der Waals surface area (Å²) in [5, 5.41) is 10.8. The maximum Gasteiger partial charge on any atom is 0.251 e. The van der Waals surface area contributed by atoms with Crippen LogP contribution in [0.1, 0.15) is 42.1 Å². The van der Waals surface area contributed by atoms with Crippen LogP contribution in [-0.2, 0) is 0 Å². The van der Waals surface area contributed by atoms with E-state index >= 15 is 0 Å². The first-order chi connectivity index (χ1) is 11.1. The predicted octanol–water partition coefficient (Wildman–Crippen LogP) is 3.23. The van der Waals surface area contributed by atoms with Gasteiger partial charge in [0.1, 0.15) is 0 Å². The Labute approximate surface area is 142 Å². The van der Waals surface area contributed by atoms with Crippen molar-refractivity contribution in [3.63, 3.8) is 0 Å². The fraction of sp³-hybridized carbons (Fsp3) is 0.389. The summed E-state index contributed by atoms with van der Waals surface area (Å²) < 4.78 is 0. The fourth-order valence-electron chi connectivity index (χ4n) is 2.35. The van der Waals surface area contributed by atoms with Crippen LogP contribution in [0.2, 0.25) is 0 Å². The number of hydrogen-bond acceptors (Lipinski definition) is 4. The average molecular weight is 331 g/mol. The van der Waals surface area contributed by atoms with E-state index in [0.29, 0.717) is 17.2 Å². The summed E-state index contributed by atoms with van der Waals surface area (Å²) in [7, 11) is 0. The molecular formula is C18H25N3OS. The molecule has 2 aromatic rings. The lowest BCUT2D eigenvalue weighted by molar-refractivity contribution is 0.0935. The Kier molecular flexibility index (Phi) is 6.62. The molecule has 1 aromatic carbocycles. The van der Waals surface area contributed by atoms with Gasteiger partial charge in [0, 0.05) is 30.4 Å². The number of carbonyl (C=O) groups is 1. The Balaban J connectivity index is 1.78. The largest absolute Gasteiger partial charge is 0.399 e. The van der Waals surface area contributed by atoms with Crippen molar-refractivity contribution in [2.75, 3.05) is 18.8 Å². The van der Waals surface area contributed by atoms with Crippen LogP contribution in [0.4, 0.5) is 5.69 Å². The molecule has 23 heavy (non-hydrogen) atoms. The van der Waals surface area contributed by atoms with E-state index in [4.69, 9.17) is 5.73 Å². The van der Waals surface area contributed by atoms with Gasteiger partial charge < -0.3 is 16.4 Å². The van der Waals surface area contributed by atoms with E-state index in [1.807, 2.05) is 0 Å². The molecule has 4 N–H and O–H groups in total. The molecule has 4 nitrogen and oxygen atoms in total. The minimum atomic E-state index is -0.0514. The molecule has 0 saturated heterocycles. The summed E-state index contributed by atoms with van der Waals surface area (Å²) in [6.07, 6.45) is 0.889. The van der Waals surface area contributed by atoms with Gasteiger partial charge in [0.05, 0.1) is 0 Å². The molecule has 0 fully saturated rings. The molecule has 0 radical (unpaired) electrons. The quantitative estimate of drug-likeness (QED) is 0.651. The summed E-state index contributed by atoms with van der Waals surface area (Å²) in [5.41, 5.74) is 8.32. The van der Waals surface area contributed by atoms with Gasteiger partial charge in [0.2, 0.25) is 0 Å². The Hall–Kier alpha value is -1.85. The van der Waals surface area contributed by atoms with Crippen LogP contribution < -0.4 is 16.4 Å². The van der Waals surface area contributed by atoms with E-state index < -0.39 is 0 Å². The summed E-state index contributed by atoms with van der Waals surface area (Å²) in [6, 6.07) is 9.28. The van der Waals surface area contributed by atoms with Gasteiger partial charge in [-0.2, -0.15) is 11.3 Å². The normalized spacial score (nSPS) is 13.5. The Morgan fingerprint density at radius 1 is 1.22 bits per heavy atom. The third-order valence-electron chi connectivity index (χ3n) is 3.95. The van der Waals surface area contributed by atoms with Gasteiger partial charge in [-0.1, -0.05) is 13.8 Å². The summed E-state index contributed by atoms with van der Waals surface area (Å²) >= 11 is 1.73. The summed E-state index contributed by atoms with van der Waals surface area (Å²) in [4.78, 5) is 12.2. The van der Waals surface area contributed by atoms with Crippen molar-refractivity contribution >= 4 is 22.9 Å². The van der Waals surface area contributed by atoms with E-state index in [0.717, 1.165) is 19.5 Å². The molecule has 2 atom stereocenters. The number of rotatable bonds is 8. The standard InChI is InChI=1S/C18H25N3OS/c1-3-17(11-20-10-13(2)15-8-9-23-12-15)21-18(22)14-4-6-16(19)7-5-14/h4-9,12-13,17,20H,3,10-11,19H2,1-2H3,(H,21,22). The van der Waals surface area contributed by atoms with Gasteiger partial charge in [-0.05, 0) is 59.0 Å². The summed E-state index contributed by atoms with van der Waals surface area (Å²) in [5.74, 6) is 0.427. The number of carbonyl (C=O) groups excluding carboxylic acids is 1. The molecule has 2 rings (SSSR count). The predicted molar refractivity (Wildman–Crippen MR) is 98.0 cm³/mol. The third kappa shape index (κ3) is 5.37. The zero-order chi connectivity index (χ0) is 16.7. The van der Waals surface area contributed by atoms with Crippen molar-refractivity contribution in [1.82, 2.24) is 10.6 Å². The Morgan fingerprint density at radius 2 is 1.96 bits per heavy atom. The van der Waals surface area contributed by atoms with Gasteiger partial charge in [0.25, 0.3) is 5.91 Å². The zero-order valence-corrected chi connectivity index (χ0v) is 14.5. The number of nitrogens with one attached hydrogen (secondary N) is 2. The first-order valence-electron chi connectivity index (χ1n) is 7.99.